The first-order chi connectivity index (χ1) is 12.8. The van der Waals surface area contributed by atoms with Gasteiger partial charge in [-0.05, 0) is 30.7 Å². The average Bonchev–Trinajstić information content (AvgIpc) is 2.61. The van der Waals surface area contributed by atoms with E-state index in [0.29, 0.717) is 16.3 Å². The molecule has 0 fully saturated rings. The molecule has 1 atom stereocenters. The van der Waals surface area contributed by atoms with Gasteiger partial charge in [-0.3, -0.25) is 4.79 Å². The molecule has 0 radical (unpaired) electrons. The van der Waals surface area contributed by atoms with E-state index in [1.54, 1.807) is 31.2 Å². The first-order valence-corrected chi connectivity index (χ1v) is 10.6. The zero-order valence-corrected chi connectivity index (χ0v) is 16.8. The number of para-hydroxylation sites is 1. The third-order valence-corrected chi connectivity index (χ3v) is 5.31. The third kappa shape index (κ3) is 7.21. The van der Waals surface area contributed by atoms with Crippen molar-refractivity contribution in [3.63, 3.8) is 0 Å². The Morgan fingerprint density at radius 2 is 1.78 bits per heavy atom. The molecule has 0 heterocycles. The molecule has 0 aliphatic heterocycles. The lowest BCUT2D eigenvalue weighted by Crippen LogP contribution is -2.44. The molecule has 0 aliphatic rings. The first-order valence-electron chi connectivity index (χ1n) is 8.41. The average molecular weight is 411 g/mol. The van der Waals surface area contributed by atoms with Crippen LogP contribution in [0.4, 0.5) is 0 Å². The topological polar surface area (TPSA) is 75.7 Å². The lowest BCUT2D eigenvalue weighted by Gasteiger charge is -2.22. The maximum atomic E-state index is 12.3. The smallest absolute Gasteiger partial charge is 0.235 e. The molecule has 0 unspecified atom stereocenters. The van der Waals surface area contributed by atoms with Gasteiger partial charge in [0.05, 0.1) is 18.8 Å². The van der Waals surface area contributed by atoms with Gasteiger partial charge in [-0.2, -0.15) is 4.31 Å². The SMILES string of the molecule is C[C@H](COc1ccccc1)NC(=O)CN(Cc1ccccc1Cl)S(C)(=O)=O. The molecule has 0 aromatic heterocycles. The van der Waals surface area contributed by atoms with Crippen molar-refractivity contribution in [2.45, 2.75) is 19.5 Å². The van der Waals surface area contributed by atoms with Gasteiger partial charge in [0, 0.05) is 11.6 Å². The molecule has 0 bridgehead atoms. The second-order valence-corrected chi connectivity index (χ2v) is 8.60. The predicted octanol–water partition coefficient (Wildman–Crippen LogP) is 2.69. The van der Waals surface area contributed by atoms with Crippen molar-refractivity contribution in [1.29, 1.82) is 0 Å². The lowest BCUT2D eigenvalue weighted by atomic mass is 10.2. The summed E-state index contributed by atoms with van der Waals surface area (Å²) in [6.45, 7) is 1.80. The number of nitrogens with one attached hydrogen (secondary N) is 1. The number of rotatable bonds is 9. The molecule has 0 saturated heterocycles. The van der Waals surface area contributed by atoms with E-state index in [1.165, 1.54) is 0 Å². The maximum Gasteiger partial charge on any atom is 0.235 e. The van der Waals surface area contributed by atoms with Gasteiger partial charge in [0.15, 0.2) is 0 Å². The number of carbonyl (C=O) groups excluding carboxylic acids is 1. The van der Waals surface area contributed by atoms with Crippen molar-refractivity contribution in [3.05, 3.63) is 65.2 Å². The Hall–Kier alpha value is -2.09. The highest BCUT2D eigenvalue weighted by molar-refractivity contribution is 7.88. The number of nitrogens with zero attached hydrogens (tertiary/aromatic N) is 1. The van der Waals surface area contributed by atoms with Crippen LogP contribution < -0.4 is 10.1 Å². The Morgan fingerprint density at radius 1 is 1.15 bits per heavy atom. The van der Waals surface area contributed by atoms with Gasteiger partial charge in [0.1, 0.15) is 12.4 Å². The molecular formula is C19H23ClN2O4S. The van der Waals surface area contributed by atoms with Gasteiger partial charge >= 0.3 is 0 Å². The summed E-state index contributed by atoms with van der Waals surface area (Å²) in [5, 5.41) is 3.20. The van der Waals surface area contributed by atoms with E-state index in [0.717, 1.165) is 10.6 Å². The van der Waals surface area contributed by atoms with Crippen LogP contribution in [0, 0.1) is 0 Å². The monoisotopic (exact) mass is 410 g/mol. The zero-order chi connectivity index (χ0) is 19.9. The highest BCUT2D eigenvalue weighted by Crippen LogP contribution is 2.18. The quantitative estimate of drug-likeness (QED) is 0.689. The molecule has 27 heavy (non-hydrogen) atoms. The van der Waals surface area contributed by atoms with E-state index >= 15 is 0 Å². The van der Waals surface area contributed by atoms with Crippen LogP contribution in [0.3, 0.4) is 0 Å². The summed E-state index contributed by atoms with van der Waals surface area (Å²) >= 11 is 6.10. The van der Waals surface area contributed by atoms with E-state index in [4.69, 9.17) is 16.3 Å². The number of hydrogen-bond donors (Lipinski definition) is 1. The summed E-state index contributed by atoms with van der Waals surface area (Å²) in [5.41, 5.74) is 0.637. The van der Waals surface area contributed by atoms with Crippen LogP contribution in [0.25, 0.3) is 0 Å². The van der Waals surface area contributed by atoms with Gasteiger partial charge in [-0.25, -0.2) is 8.42 Å². The van der Waals surface area contributed by atoms with Crippen LogP contribution in [-0.2, 0) is 21.4 Å². The number of ether oxygens (including phenoxy) is 1. The normalized spacial score (nSPS) is 12.6. The Kier molecular flexibility index (Phi) is 7.65. The number of benzene rings is 2. The fraction of sp³-hybridized carbons (Fsp3) is 0.316. The number of amides is 1. The maximum absolute atomic E-state index is 12.3. The number of sulfonamides is 1. The van der Waals surface area contributed by atoms with Crippen LogP contribution in [0.15, 0.2) is 54.6 Å². The summed E-state index contributed by atoms with van der Waals surface area (Å²) in [6.07, 6.45) is 1.07. The molecule has 0 aliphatic carbocycles. The number of carbonyl (C=O) groups is 1. The van der Waals surface area contributed by atoms with E-state index < -0.39 is 15.9 Å². The lowest BCUT2D eigenvalue weighted by molar-refractivity contribution is -0.122. The van der Waals surface area contributed by atoms with Crippen LogP contribution in [0.2, 0.25) is 5.02 Å². The molecule has 2 aromatic carbocycles. The first kappa shape index (κ1) is 21.2. The van der Waals surface area contributed by atoms with Crippen LogP contribution in [-0.4, -0.2) is 44.1 Å². The Balaban J connectivity index is 1.92. The van der Waals surface area contributed by atoms with E-state index in [-0.39, 0.29) is 25.7 Å². The van der Waals surface area contributed by atoms with E-state index in [2.05, 4.69) is 5.32 Å². The highest BCUT2D eigenvalue weighted by Gasteiger charge is 2.22. The summed E-state index contributed by atoms with van der Waals surface area (Å²) in [5.74, 6) is 0.298. The molecule has 2 rings (SSSR count). The summed E-state index contributed by atoms with van der Waals surface area (Å²) in [4.78, 5) is 12.3. The molecule has 1 N–H and O–H groups in total. The summed E-state index contributed by atoms with van der Waals surface area (Å²) in [7, 11) is -3.58. The molecule has 2 aromatic rings. The molecule has 6 nitrogen and oxygen atoms in total. The zero-order valence-electron chi connectivity index (χ0n) is 15.3. The second kappa shape index (κ2) is 9.73. The van der Waals surface area contributed by atoms with Crippen molar-refractivity contribution in [2.75, 3.05) is 19.4 Å². The largest absolute Gasteiger partial charge is 0.491 e. The predicted molar refractivity (Wildman–Crippen MR) is 106 cm³/mol. The van der Waals surface area contributed by atoms with Gasteiger partial charge in [-0.15, -0.1) is 0 Å². The van der Waals surface area contributed by atoms with Gasteiger partial charge in [0.25, 0.3) is 0 Å². The highest BCUT2D eigenvalue weighted by atomic mass is 35.5. The van der Waals surface area contributed by atoms with Crippen molar-refractivity contribution in [3.8, 4) is 5.75 Å². The summed E-state index contributed by atoms with van der Waals surface area (Å²) < 4.78 is 30.8. The number of hydrogen-bond acceptors (Lipinski definition) is 4. The molecule has 0 saturated carbocycles. The fourth-order valence-electron chi connectivity index (χ4n) is 2.37. The third-order valence-electron chi connectivity index (χ3n) is 3.74. The fourth-order valence-corrected chi connectivity index (χ4v) is 3.29. The van der Waals surface area contributed by atoms with Crippen LogP contribution >= 0.6 is 11.6 Å². The Labute approximate surface area is 165 Å². The van der Waals surface area contributed by atoms with Crippen LogP contribution in [0.5, 0.6) is 5.75 Å². The van der Waals surface area contributed by atoms with Crippen molar-refractivity contribution in [1.82, 2.24) is 9.62 Å². The second-order valence-electron chi connectivity index (χ2n) is 6.22. The van der Waals surface area contributed by atoms with Gasteiger partial charge in [0.2, 0.25) is 15.9 Å². The Bertz CT molecular complexity index is 859. The van der Waals surface area contributed by atoms with Crippen molar-refractivity contribution < 1.29 is 17.9 Å². The Morgan fingerprint density at radius 3 is 2.41 bits per heavy atom. The minimum atomic E-state index is -3.58. The number of halogens is 1. The molecule has 1 amide bonds. The van der Waals surface area contributed by atoms with Gasteiger partial charge in [-0.1, -0.05) is 48.0 Å². The summed E-state index contributed by atoms with van der Waals surface area (Å²) in [6, 6.07) is 15.9. The molecule has 8 heteroatoms. The van der Waals surface area contributed by atoms with E-state index in [9.17, 15) is 13.2 Å². The molecular weight excluding hydrogens is 388 g/mol. The molecule has 146 valence electrons. The minimum absolute atomic E-state index is 0.0286. The van der Waals surface area contributed by atoms with Crippen molar-refractivity contribution in [2.24, 2.45) is 0 Å². The van der Waals surface area contributed by atoms with Crippen molar-refractivity contribution >= 4 is 27.5 Å². The van der Waals surface area contributed by atoms with Crippen LogP contribution in [0.1, 0.15) is 12.5 Å². The van der Waals surface area contributed by atoms with E-state index in [1.807, 2.05) is 30.3 Å². The minimum Gasteiger partial charge on any atom is -0.491 e. The molecule has 0 spiro atoms. The standard InChI is InChI=1S/C19H23ClN2O4S/c1-15(14-26-17-9-4-3-5-10-17)21-19(23)13-22(27(2,24)25)12-16-8-6-7-11-18(16)20/h3-11,15H,12-14H2,1-2H3,(H,21,23)/t15-/m1/s1. The van der Waals surface area contributed by atoms with Gasteiger partial charge < -0.3 is 10.1 Å².